The molecule has 1 amide bonds. The Morgan fingerprint density at radius 2 is 2.35 bits per heavy atom. The Labute approximate surface area is 104 Å². The monoisotopic (exact) mass is 258 g/mol. The molecule has 0 aromatic heterocycles. The van der Waals surface area contributed by atoms with Crippen molar-refractivity contribution in [1.82, 2.24) is 4.90 Å². The van der Waals surface area contributed by atoms with Gasteiger partial charge in [-0.2, -0.15) is 12.6 Å². The number of carbonyl (C=O) groups excluding carboxylic acids is 1. The van der Waals surface area contributed by atoms with E-state index >= 15 is 0 Å². The summed E-state index contributed by atoms with van der Waals surface area (Å²) in [6.07, 6.45) is 0.171. The van der Waals surface area contributed by atoms with Crippen LogP contribution in [-0.2, 0) is 9.59 Å². The van der Waals surface area contributed by atoms with Gasteiger partial charge in [0.15, 0.2) is 0 Å². The predicted molar refractivity (Wildman–Crippen MR) is 63.7 cm³/mol. The zero-order valence-electron chi connectivity index (χ0n) is 9.35. The van der Waals surface area contributed by atoms with Crippen LogP contribution in [0.1, 0.15) is 13.3 Å². The van der Waals surface area contributed by atoms with E-state index < -0.39 is 18.1 Å². The molecule has 1 heterocycles. The first-order chi connectivity index (χ1) is 8.01. The highest BCUT2D eigenvalue weighted by molar-refractivity contribution is 7.80. The van der Waals surface area contributed by atoms with Gasteiger partial charge in [0.05, 0.1) is 6.04 Å². The highest BCUT2D eigenvalue weighted by atomic mass is 32.1. The van der Waals surface area contributed by atoms with E-state index in [4.69, 9.17) is 10.6 Å². The Morgan fingerprint density at radius 3 is 2.82 bits per heavy atom. The first-order valence-electron chi connectivity index (χ1n) is 5.19. The van der Waals surface area contributed by atoms with Crippen LogP contribution in [0, 0.1) is 5.92 Å². The third kappa shape index (κ3) is 3.04. The van der Waals surface area contributed by atoms with Gasteiger partial charge in [0.25, 0.3) is 0 Å². The van der Waals surface area contributed by atoms with Crippen LogP contribution in [0.25, 0.3) is 10.4 Å². The first kappa shape index (κ1) is 13.7. The van der Waals surface area contributed by atoms with Crippen molar-refractivity contribution in [2.45, 2.75) is 25.4 Å². The Kier molecular flexibility index (Phi) is 4.65. The first-order valence-corrected chi connectivity index (χ1v) is 5.82. The maximum atomic E-state index is 11.9. The summed E-state index contributed by atoms with van der Waals surface area (Å²) in [5, 5.41) is 12.5. The number of hydrogen-bond acceptors (Lipinski definition) is 4. The average molecular weight is 258 g/mol. The van der Waals surface area contributed by atoms with Crippen molar-refractivity contribution in [3.63, 3.8) is 0 Å². The van der Waals surface area contributed by atoms with Gasteiger partial charge in [0.1, 0.15) is 6.04 Å². The summed E-state index contributed by atoms with van der Waals surface area (Å²) in [6.45, 7) is 1.85. The highest BCUT2D eigenvalue weighted by Crippen LogP contribution is 2.23. The van der Waals surface area contributed by atoms with Crippen molar-refractivity contribution < 1.29 is 14.7 Å². The molecule has 0 spiro atoms. The van der Waals surface area contributed by atoms with Gasteiger partial charge < -0.3 is 10.0 Å². The van der Waals surface area contributed by atoms with Crippen molar-refractivity contribution in [2.24, 2.45) is 11.0 Å². The third-order valence-electron chi connectivity index (χ3n) is 2.76. The molecular weight excluding hydrogens is 244 g/mol. The average Bonchev–Trinajstić information content (AvgIpc) is 2.71. The lowest BCUT2D eigenvalue weighted by molar-refractivity contribution is -0.149. The summed E-state index contributed by atoms with van der Waals surface area (Å²) in [5.74, 6) is -1.32. The number of nitrogens with zero attached hydrogens (tertiary/aromatic N) is 4. The molecule has 0 radical (unpaired) electrons. The predicted octanol–water partition coefficient (Wildman–Crippen LogP) is 0.917. The van der Waals surface area contributed by atoms with Crippen LogP contribution in [0.15, 0.2) is 5.11 Å². The second-order valence-electron chi connectivity index (χ2n) is 4.02. The molecule has 0 aromatic rings. The van der Waals surface area contributed by atoms with Crippen LogP contribution in [0.3, 0.4) is 0 Å². The SMILES string of the molecule is CC(CS)C(=O)N1C[C@@H](N=[N+]=[N-])C[C@H]1C(=O)O. The van der Waals surface area contributed by atoms with Crippen molar-refractivity contribution in [1.29, 1.82) is 0 Å². The van der Waals surface area contributed by atoms with E-state index in [0.717, 1.165) is 0 Å². The number of carboxylic acid groups (broad SMARTS) is 1. The van der Waals surface area contributed by atoms with Gasteiger partial charge in [-0.25, -0.2) is 4.79 Å². The second kappa shape index (κ2) is 5.79. The van der Waals surface area contributed by atoms with Crippen LogP contribution in [0.5, 0.6) is 0 Å². The molecule has 1 aliphatic heterocycles. The lowest BCUT2D eigenvalue weighted by atomic mass is 10.1. The molecule has 0 aromatic carbocycles. The normalized spacial score (nSPS) is 25.2. The third-order valence-corrected chi connectivity index (χ3v) is 3.31. The van der Waals surface area contributed by atoms with E-state index in [-0.39, 0.29) is 24.8 Å². The van der Waals surface area contributed by atoms with Gasteiger partial charge >= 0.3 is 5.97 Å². The van der Waals surface area contributed by atoms with Gasteiger partial charge in [-0.05, 0) is 12.0 Å². The maximum Gasteiger partial charge on any atom is 0.326 e. The van der Waals surface area contributed by atoms with Gasteiger partial charge in [-0.1, -0.05) is 12.0 Å². The highest BCUT2D eigenvalue weighted by Gasteiger charge is 2.40. The van der Waals surface area contributed by atoms with Crippen LogP contribution < -0.4 is 0 Å². The Balaban J connectivity index is 2.84. The summed E-state index contributed by atoms with van der Waals surface area (Å²) < 4.78 is 0. The number of rotatable bonds is 4. The molecule has 0 bridgehead atoms. The molecule has 1 saturated heterocycles. The molecule has 8 heteroatoms. The van der Waals surface area contributed by atoms with Crippen LogP contribution >= 0.6 is 12.6 Å². The van der Waals surface area contributed by atoms with Gasteiger partial charge in [-0.15, -0.1) is 0 Å². The molecule has 0 aliphatic carbocycles. The molecule has 3 atom stereocenters. The van der Waals surface area contributed by atoms with Crippen molar-refractivity contribution in [2.75, 3.05) is 12.3 Å². The number of amides is 1. The molecule has 1 fully saturated rings. The smallest absolute Gasteiger partial charge is 0.326 e. The fourth-order valence-electron chi connectivity index (χ4n) is 1.81. The summed E-state index contributed by atoms with van der Waals surface area (Å²) in [6, 6.07) is -1.36. The molecule has 0 saturated carbocycles. The number of aliphatic carboxylic acids is 1. The minimum atomic E-state index is -1.07. The van der Waals surface area contributed by atoms with Crippen LogP contribution in [-0.4, -0.2) is 46.3 Å². The molecule has 17 heavy (non-hydrogen) atoms. The summed E-state index contributed by atoms with van der Waals surface area (Å²) in [4.78, 5) is 26.9. The molecule has 1 rings (SSSR count). The van der Waals surface area contributed by atoms with E-state index in [1.54, 1.807) is 6.92 Å². The lowest BCUT2D eigenvalue weighted by Crippen LogP contribution is -2.43. The van der Waals surface area contributed by atoms with E-state index in [0.29, 0.717) is 5.75 Å². The molecule has 7 nitrogen and oxygen atoms in total. The van der Waals surface area contributed by atoms with Gasteiger partial charge in [-0.3, -0.25) is 4.79 Å². The Hall–Kier alpha value is -1.40. The van der Waals surface area contributed by atoms with E-state index in [2.05, 4.69) is 22.7 Å². The molecule has 94 valence electrons. The van der Waals surface area contributed by atoms with Gasteiger partial charge in [0.2, 0.25) is 5.91 Å². The van der Waals surface area contributed by atoms with Gasteiger partial charge in [0, 0.05) is 23.1 Å². The number of carboxylic acids is 1. The summed E-state index contributed by atoms with van der Waals surface area (Å²) >= 11 is 4.02. The van der Waals surface area contributed by atoms with Crippen molar-refractivity contribution in [3.8, 4) is 0 Å². The van der Waals surface area contributed by atoms with E-state index in [9.17, 15) is 9.59 Å². The topological polar surface area (TPSA) is 106 Å². The molecule has 1 unspecified atom stereocenters. The van der Waals surface area contributed by atoms with Crippen LogP contribution in [0.2, 0.25) is 0 Å². The number of carbonyl (C=O) groups is 2. The number of hydrogen-bond donors (Lipinski definition) is 2. The lowest BCUT2D eigenvalue weighted by Gasteiger charge is -2.24. The van der Waals surface area contributed by atoms with E-state index in [1.165, 1.54) is 4.90 Å². The Bertz CT molecular complexity index is 369. The minimum absolute atomic E-state index is 0.165. The summed E-state index contributed by atoms with van der Waals surface area (Å²) in [7, 11) is 0. The number of likely N-dealkylation sites (tertiary alicyclic amines) is 1. The Morgan fingerprint density at radius 1 is 1.71 bits per heavy atom. The minimum Gasteiger partial charge on any atom is -0.480 e. The number of azide groups is 1. The second-order valence-corrected chi connectivity index (χ2v) is 4.39. The van der Waals surface area contributed by atoms with Crippen LogP contribution in [0.4, 0.5) is 0 Å². The molecule has 1 N–H and O–H groups in total. The van der Waals surface area contributed by atoms with E-state index in [1.807, 2.05) is 0 Å². The molecular formula is C9H14N4O3S. The quantitative estimate of drug-likeness (QED) is 0.339. The summed E-state index contributed by atoms with van der Waals surface area (Å²) in [5.41, 5.74) is 8.33. The molecule has 1 aliphatic rings. The fourth-order valence-corrected chi connectivity index (χ4v) is 1.97. The fraction of sp³-hybridized carbons (Fsp3) is 0.778. The van der Waals surface area contributed by atoms with Crippen molar-refractivity contribution >= 4 is 24.5 Å². The standard InChI is InChI=1S/C9H14N4O3S/c1-5(4-17)8(14)13-3-6(11-12-10)2-7(13)9(15)16/h5-7,17H,2-4H2,1H3,(H,15,16)/t5?,6-,7-/m0/s1. The zero-order valence-corrected chi connectivity index (χ0v) is 10.2. The maximum absolute atomic E-state index is 11.9. The van der Waals surface area contributed by atoms with Crippen molar-refractivity contribution in [3.05, 3.63) is 10.4 Å². The zero-order chi connectivity index (χ0) is 13.0. The number of thiol groups is 1. The largest absolute Gasteiger partial charge is 0.480 e.